The van der Waals surface area contributed by atoms with E-state index in [2.05, 4.69) is 0 Å². The van der Waals surface area contributed by atoms with E-state index in [0.29, 0.717) is 56.1 Å². The Bertz CT molecular complexity index is 1130. The zero-order chi connectivity index (χ0) is 24.6. The van der Waals surface area contributed by atoms with Gasteiger partial charge in [0.1, 0.15) is 24.3 Å². The van der Waals surface area contributed by atoms with Gasteiger partial charge in [-0.2, -0.15) is 0 Å². The molecule has 3 saturated heterocycles. The van der Waals surface area contributed by atoms with Crippen LogP contribution in [0.4, 0.5) is 25.0 Å². The van der Waals surface area contributed by atoms with Crippen LogP contribution in [0.5, 0.6) is 0 Å². The summed E-state index contributed by atoms with van der Waals surface area (Å²) >= 11 is -1.48. The highest BCUT2D eigenvalue weighted by molar-refractivity contribution is 7.79. The van der Waals surface area contributed by atoms with Gasteiger partial charge in [-0.3, -0.25) is 9.08 Å². The third kappa shape index (κ3) is 5.04. The summed E-state index contributed by atoms with van der Waals surface area (Å²) < 4.78 is 62.8. The van der Waals surface area contributed by atoms with Crippen molar-refractivity contribution < 1.29 is 36.2 Å². The molecule has 2 aromatic rings. The van der Waals surface area contributed by atoms with Crippen LogP contribution >= 0.6 is 0 Å². The Labute approximate surface area is 204 Å². The number of anilines is 2. The Morgan fingerprint density at radius 1 is 1.09 bits per heavy atom. The minimum Gasteiger partial charge on any atom is -0.441 e. The number of hydrogen-bond acceptors (Lipinski definition) is 7. The molecule has 0 saturated carbocycles. The van der Waals surface area contributed by atoms with Crippen molar-refractivity contribution in [2.75, 3.05) is 55.5 Å². The predicted molar refractivity (Wildman–Crippen MR) is 126 cm³/mol. The quantitative estimate of drug-likeness (QED) is 0.590. The molecule has 3 heterocycles. The van der Waals surface area contributed by atoms with E-state index < -0.39 is 40.7 Å². The predicted octanol–water partition coefficient (Wildman–Crippen LogP) is 3.61. The summed E-state index contributed by atoms with van der Waals surface area (Å²) in [5.41, 5.74) is 1.39. The summed E-state index contributed by atoms with van der Waals surface area (Å²) in [4.78, 5) is 15.4. The monoisotopic (exact) mass is 508 g/mol. The number of amides is 1. The number of hydrogen-bond donors (Lipinski definition) is 0. The molecule has 1 spiro atoms. The van der Waals surface area contributed by atoms with E-state index in [1.807, 2.05) is 4.90 Å². The van der Waals surface area contributed by atoms with Gasteiger partial charge >= 0.3 is 6.09 Å². The Hall–Kier alpha value is -2.60. The summed E-state index contributed by atoms with van der Waals surface area (Å²) in [5.74, 6) is -1.57. The molecule has 0 radical (unpaired) electrons. The van der Waals surface area contributed by atoms with Gasteiger partial charge in [-0.1, -0.05) is 6.07 Å². The fourth-order valence-electron chi connectivity index (χ4n) is 4.70. The smallest absolute Gasteiger partial charge is 0.414 e. The Balaban J connectivity index is 1.28. The molecule has 2 aromatic carbocycles. The van der Waals surface area contributed by atoms with Gasteiger partial charge in [-0.15, -0.1) is 0 Å². The summed E-state index contributed by atoms with van der Waals surface area (Å²) in [6.45, 7) is 2.50. The number of cyclic esters (lactones) is 1. The van der Waals surface area contributed by atoms with Crippen LogP contribution in [-0.4, -0.2) is 67.9 Å². The maximum Gasteiger partial charge on any atom is 0.414 e. The molecule has 2 unspecified atom stereocenters. The molecule has 0 aromatic heterocycles. The maximum absolute atomic E-state index is 15.0. The van der Waals surface area contributed by atoms with Crippen LogP contribution in [0.15, 0.2) is 36.4 Å². The first-order valence-corrected chi connectivity index (χ1v) is 12.9. The fraction of sp³-hybridized carbons (Fsp3) is 0.458. The van der Waals surface area contributed by atoms with Gasteiger partial charge in [0.15, 0.2) is 16.9 Å². The van der Waals surface area contributed by atoms with Gasteiger partial charge in [0.25, 0.3) is 0 Å². The summed E-state index contributed by atoms with van der Waals surface area (Å²) in [5, 5.41) is 0. The molecule has 3 aliphatic heterocycles. The number of benzene rings is 2. The number of halogens is 2. The molecule has 0 aliphatic carbocycles. The third-order valence-corrected chi connectivity index (χ3v) is 6.96. The van der Waals surface area contributed by atoms with Crippen molar-refractivity contribution in [3.05, 3.63) is 48.0 Å². The lowest BCUT2D eigenvalue weighted by atomic mass is 10.0. The highest BCUT2D eigenvalue weighted by Gasteiger charge is 2.40. The van der Waals surface area contributed by atoms with E-state index in [1.165, 1.54) is 29.4 Å². The first kappa shape index (κ1) is 24.1. The summed E-state index contributed by atoms with van der Waals surface area (Å²) in [6.07, 6.45) is 1.45. The van der Waals surface area contributed by atoms with E-state index in [4.69, 9.17) is 18.4 Å². The molecular weight excluding hydrogens is 482 g/mol. The Kier molecular flexibility index (Phi) is 6.75. The molecule has 5 rings (SSSR count). The van der Waals surface area contributed by atoms with Crippen LogP contribution in [0.2, 0.25) is 0 Å². The maximum atomic E-state index is 15.0. The molecule has 188 valence electrons. The van der Waals surface area contributed by atoms with E-state index in [0.717, 1.165) is 0 Å². The second-order valence-corrected chi connectivity index (χ2v) is 9.77. The minimum atomic E-state index is -1.48. The number of carbonyl (C=O) groups is 1. The third-order valence-electron chi connectivity index (χ3n) is 6.50. The van der Waals surface area contributed by atoms with Crippen LogP contribution in [0.1, 0.15) is 12.8 Å². The first-order chi connectivity index (χ1) is 16.8. The molecule has 2 atom stereocenters. The van der Waals surface area contributed by atoms with Crippen LogP contribution in [-0.2, 0) is 29.5 Å². The largest absolute Gasteiger partial charge is 0.441 e. The highest BCUT2D eigenvalue weighted by atomic mass is 32.2. The van der Waals surface area contributed by atoms with Crippen molar-refractivity contribution in [2.45, 2.75) is 24.7 Å². The van der Waals surface area contributed by atoms with Gasteiger partial charge in [0, 0.05) is 37.8 Å². The topological polar surface area (TPSA) is 77.5 Å². The second-order valence-electron chi connectivity index (χ2n) is 8.73. The standard InChI is InChI=1S/C24H26F2N2O6S/c1-35(30)33-15-18-14-28(23(29)34-18)17-3-4-19(20(25)13-17)16-2-5-22(21(26)12-16)27-8-6-24(7-9-27)31-10-11-32-24/h2-5,12-13,18H,6-11,14-15H2,1H3. The van der Waals surface area contributed by atoms with Crippen molar-refractivity contribution >= 4 is 28.5 Å². The lowest BCUT2D eigenvalue weighted by molar-refractivity contribution is -0.169. The van der Waals surface area contributed by atoms with Crippen LogP contribution < -0.4 is 9.80 Å². The average Bonchev–Trinajstić information content (AvgIpc) is 3.45. The molecule has 0 bridgehead atoms. The number of ether oxygens (including phenoxy) is 3. The van der Waals surface area contributed by atoms with Gasteiger partial charge in [0.05, 0.1) is 31.1 Å². The van der Waals surface area contributed by atoms with E-state index >= 15 is 8.78 Å². The molecule has 8 nitrogen and oxygen atoms in total. The van der Waals surface area contributed by atoms with E-state index in [-0.39, 0.29) is 18.7 Å². The lowest BCUT2D eigenvalue weighted by Gasteiger charge is -2.38. The number of carbonyl (C=O) groups excluding carboxylic acids is 1. The zero-order valence-electron chi connectivity index (χ0n) is 19.2. The zero-order valence-corrected chi connectivity index (χ0v) is 20.0. The van der Waals surface area contributed by atoms with Crippen molar-refractivity contribution in [3.63, 3.8) is 0 Å². The van der Waals surface area contributed by atoms with Crippen LogP contribution in [0.25, 0.3) is 11.1 Å². The van der Waals surface area contributed by atoms with Crippen molar-refractivity contribution in [1.29, 1.82) is 0 Å². The minimum absolute atomic E-state index is 0.0183. The first-order valence-electron chi connectivity index (χ1n) is 11.4. The van der Waals surface area contributed by atoms with Crippen molar-refractivity contribution in [3.8, 4) is 11.1 Å². The van der Waals surface area contributed by atoms with E-state index in [9.17, 15) is 9.00 Å². The molecule has 3 aliphatic rings. The van der Waals surface area contributed by atoms with Gasteiger partial charge in [0.2, 0.25) is 0 Å². The van der Waals surface area contributed by atoms with Crippen LogP contribution in [0.3, 0.4) is 0 Å². The number of nitrogens with zero attached hydrogens (tertiary/aromatic N) is 2. The number of rotatable bonds is 6. The van der Waals surface area contributed by atoms with Crippen LogP contribution in [0, 0.1) is 11.6 Å². The normalized spacial score (nSPS) is 22.6. The summed E-state index contributed by atoms with van der Waals surface area (Å²) in [6, 6.07) is 8.98. The van der Waals surface area contributed by atoms with Gasteiger partial charge < -0.3 is 19.1 Å². The second kappa shape index (κ2) is 9.81. The molecular formula is C24H26F2N2O6S. The average molecular weight is 509 g/mol. The van der Waals surface area contributed by atoms with Gasteiger partial charge in [-0.05, 0) is 35.9 Å². The molecule has 0 N–H and O–H groups in total. The Morgan fingerprint density at radius 3 is 2.49 bits per heavy atom. The highest BCUT2D eigenvalue weighted by Crippen LogP contribution is 2.36. The lowest BCUT2D eigenvalue weighted by Crippen LogP contribution is -2.45. The molecule has 1 amide bonds. The molecule has 3 fully saturated rings. The van der Waals surface area contributed by atoms with Crippen molar-refractivity contribution in [1.82, 2.24) is 0 Å². The SMILES string of the molecule is CS(=O)OCC1CN(c2ccc(-c3ccc(N4CCC5(CC4)OCCO5)c(F)c3)c(F)c2)C(=O)O1. The van der Waals surface area contributed by atoms with Gasteiger partial charge in [-0.25, -0.2) is 17.8 Å². The fourth-order valence-corrected chi connectivity index (χ4v) is 5.05. The van der Waals surface area contributed by atoms with E-state index in [1.54, 1.807) is 18.2 Å². The molecule has 11 heteroatoms. The summed E-state index contributed by atoms with van der Waals surface area (Å²) in [7, 11) is 0. The number of piperidine rings is 1. The van der Waals surface area contributed by atoms with Crippen molar-refractivity contribution in [2.24, 2.45) is 0 Å². The Morgan fingerprint density at radius 2 is 1.83 bits per heavy atom. The molecule has 35 heavy (non-hydrogen) atoms.